The van der Waals surface area contributed by atoms with Gasteiger partial charge in [-0.1, -0.05) is 6.08 Å². The fourth-order valence-electron chi connectivity index (χ4n) is 3.75. The molecule has 0 bridgehead atoms. The lowest BCUT2D eigenvalue weighted by atomic mass is 9.89. The van der Waals surface area contributed by atoms with E-state index in [1.54, 1.807) is 4.90 Å². The SMILES string of the molecule is CNc1cc(C)c(C2=CCN(C(=O)OC(C)(C)C)CC2)c2c1O[C@H](C)C2. The molecule has 0 fully saturated rings. The van der Waals surface area contributed by atoms with Gasteiger partial charge in [-0.2, -0.15) is 0 Å². The van der Waals surface area contributed by atoms with E-state index in [-0.39, 0.29) is 12.2 Å². The van der Waals surface area contributed by atoms with Gasteiger partial charge in [0.25, 0.3) is 0 Å². The summed E-state index contributed by atoms with van der Waals surface area (Å²) < 4.78 is 11.5. The largest absolute Gasteiger partial charge is 0.488 e. The number of fused-ring (bicyclic) bond motifs is 1. The van der Waals surface area contributed by atoms with Gasteiger partial charge in [-0.05, 0) is 63.8 Å². The summed E-state index contributed by atoms with van der Waals surface area (Å²) in [5.74, 6) is 0.982. The van der Waals surface area contributed by atoms with Crippen molar-refractivity contribution in [2.75, 3.05) is 25.5 Å². The van der Waals surface area contributed by atoms with Crippen LogP contribution >= 0.6 is 0 Å². The number of aryl methyl sites for hydroxylation is 1. The first kappa shape index (κ1) is 18.6. The van der Waals surface area contributed by atoms with E-state index in [1.165, 1.54) is 22.3 Å². The van der Waals surface area contributed by atoms with E-state index in [2.05, 4.69) is 31.3 Å². The molecule has 26 heavy (non-hydrogen) atoms. The van der Waals surface area contributed by atoms with Crippen LogP contribution in [0, 0.1) is 6.92 Å². The first-order chi connectivity index (χ1) is 12.2. The van der Waals surface area contributed by atoms with Gasteiger partial charge in [0.05, 0.1) is 5.69 Å². The summed E-state index contributed by atoms with van der Waals surface area (Å²) in [4.78, 5) is 14.1. The molecule has 1 aromatic carbocycles. The summed E-state index contributed by atoms with van der Waals surface area (Å²) >= 11 is 0. The quantitative estimate of drug-likeness (QED) is 0.852. The predicted molar refractivity (Wildman–Crippen MR) is 105 cm³/mol. The van der Waals surface area contributed by atoms with E-state index in [4.69, 9.17) is 9.47 Å². The number of nitrogens with zero attached hydrogens (tertiary/aromatic N) is 1. The van der Waals surface area contributed by atoms with Gasteiger partial charge in [0.2, 0.25) is 0 Å². The van der Waals surface area contributed by atoms with Crippen LogP contribution < -0.4 is 10.1 Å². The summed E-state index contributed by atoms with van der Waals surface area (Å²) in [6, 6.07) is 2.16. The zero-order valence-corrected chi connectivity index (χ0v) is 16.7. The summed E-state index contributed by atoms with van der Waals surface area (Å²) in [6.45, 7) is 11.2. The highest BCUT2D eigenvalue weighted by Crippen LogP contribution is 2.43. The van der Waals surface area contributed by atoms with Crippen molar-refractivity contribution in [1.29, 1.82) is 0 Å². The number of carbonyl (C=O) groups is 1. The Labute approximate surface area is 156 Å². The van der Waals surface area contributed by atoms with Gasteiger partial charge in [-0.15, -0.1) is 0 Å². The number of benzene rings is 1. The minimum atomic E-state index is -0.463. The van der Waals surface area contributed by atoms with E-state index >= 15 is 0 Å². The van der Waals surface area contributed by atoms with Crippen molar-refractivity contribution in [3.05, 3.63) is 28.8 Å². The second kappa shape index (κ2) is 6.86. The lowest BCUT2D eigenvalue weighted by Crippen LogP contribution is -2.39. The molecule has 0 unspecified atom stereocenters. The number of amides is 1. The predicted octanol–water partition coefficient (Wildman–Crippen LogP) is 4.38. The molecule has 0 radical (unpaired) electrons. The van der Waals surface area contributed by atoms with Crippen LogP contribution in [0.1, 0.15) is 50.8 Å². The molecular weight excluding hydrogens is 328 g/mol. The molecule has 1 atom stereocenters. The maximum absolute atomic E-state index is 12.3. The molecule has 0 saturated heterocycles. The van der Waals surface area contributed by atoms with Crippen LogP contribution in [0.15, 0.2) is 12.1 Å². The number of carbonyl (C=O) groups excluding carboxylic acids is 1. The Morgan fingerprint density at radius 3 is 2.69 bits per heavy atom. The Hall–Kier alpha value is -2.17. The Balaban J connectivity index is 1.86. The molecule has 1 N–H and O–H groups in total. The first-order valence-corrected chi connectivity index (χ1v) is 9.38. The Kier molecular flexibility index (Phi) is 4.91. The number of hydrogen-bond donors (Lipinski definition) is 1. The fraction of sp³-hybridized carbons (Fsp3) is 0.571. The van der Waals surface area contributed by atoms with Crippen LogP contribution in [-0.2, 0) is 11.2 Å². The number of rotatable bonds is 2. The van der Waals surface area contributed by atoms with Crippen molar-refractivity contribution in [2.24, 2.45) is 0 Å². The Bertz CT molecular complexity index is 747. The lowest BCUT2D eigenvalue weighted by molar-refractivity contribution is 0.0270. The minimum Gasteiger partial charge on any atom is -0.488 e. The second-order valence-electron chi connectivity index (χ2n) is 8.21. The van der Waals surface area contributed by atoms with Gasteiger partial charge in [0, 0.05) is 32.1 Å². The molecule has 1 aromatic rings. The molecule has 0 saturated carbocycles. The third-order valence-corrected chi connectivity index (χ3v) is 4.84. The van der Waals surface area contributed by atoms with E-state index in [0.29, 0.717) is 13.1 Å². The highest BCUT2D eigenvalue weighted by Gasteiger charge is 2.30. The number of anilines is 1. The average Bonchev–Trinajstić information content (AvgIpc) is 2.94. The van der Waals surface area contributed by atoms with Gasteiger partial charge >= 0.3 is 6.09 Å². The smallest absolute Gasteiger partial charge is 0.410 e. The normalized spacial score (nSPS) is 19.5. The van der Waals surface area contributed by atoms with E-state index in [1.807, 2.05) is 27.8 Å². The molecule has 5 nitrogen and oxygen atoms in total. The molecule has 2 aliphatic heterocycles. The van der Waals surface area contributed by atoms with Crippen LogP contribution in [0.2, 0.25) is 0 Å². The van der Waals surface area contributed by atoms with Gasteiger partial charge in [0.15, 0.2) is 0 Å². The van der Waals surface area contributed by atoms with Crippen molar-refractivity contribution < 1.29 is 14.3 Å². The maximum Gasteiger partial charge on any atom is 0.410 e. The van der Waals surface area contributed by atoms with Crippen LogP contribution in [0.25, 0.3) is 5.57 Å². The monoisotopic (exact) mass is 358 g/mol. The molecule has 3 rings (SSSR count). The molecule has 2 heterocycles. The molecule has 2 aliphatic rings. The van der Waals surface area contributed by atoms with Crippen LogP contribution in [-0.4, -0.2) is 42.8 Å². The van der Waals surface area contributed by atoms with Crippen molar-refractivity contribution in [3.8, 4) is 5.75 Å². The molecular formula is C21H30N2O3. The maximum atomic E-state index is 12.3. The van der Waals surface area contributed by atoms with Crippen LogP contribution in [0.3, 0.4) is 0 Å². The zero-order chi connectivity index (χ0) is 19.1. The van der Waals surface area contributed by atoms with Crippen molar-refractivity contribution in [2.45, 2.75) is 59.2 Å². The van der Waals surface area contributed by atoms with Gasteiger partial charge in [-0.25, -0.2) is 4.79 Å². The standard InChI is InChI=1S/C21H30N2O3/c1-13-11-17(22-6)19-16(12-14(2)25-19)18(13)15-7-9-23(10-8-15)20(24)26-21(3,4)5/h7,11,14,22H,8-10,12H2,1-6H3/t14-/m1/s1. The summed E-state index contributed by atoms with van der Waals surface area (Å²) in [7, 11) is 1.93. The van der Waals surface area contributed by atoms with Gasteiger partial charge in [-0.3, -0.25) is 0 Å². The van der Waals surface area contributed by atoms with Crippen molar-refractivity contribution in [3.63, 3.8) is 0 Å². The van der Waals surface area contributed by atoms with Gasteiger partial charge < -0.3 is 19.7 Å². The van der Waals surface area contributed by atoms with Crippen LogP contribution in [0.5, 0.6) is 5.75 Å². The number of ether oxygens (including phenoxy) is 2. The Morgan fingerprint density at radius 1 is 1.38 bits per heavy atom. The van der Waals surface area contributed by atoms with Gasteiger partial charge in [0.1, 0.15) is 17.5 Å². The van der Waals surface area contributed by atoms with E-state index < -0.39 is 5.60 Å². The third-order valence-electron chi connectivity index (χ3n) is 4.84. The highest BCUT2D eigenvalue weighted by atomic mass is 16.6. The first-order valence-electron chi connectivity index (χ1n) is 9.38. The topological polar surface area (TPSA) is 50.8 Å². The molecule has 0 spiro atoms. The third kappa shape index (κ3) is 3.67. The van der Waals surface area contributed by atoms with E-state index in [9.17, 15) is 4.79 Å². The summed E-state index contributed by atoms with van der Waals surface area (Å²) in [6.07, 6.45) is 3.88. The molecule has 0 aliphatic carbocycles. The zero-order valence-electron chi connectivity index (χ0n) is 16.7. The highest BCUT2D eigenvalue weighted by molar-refractivity contribution is 5.80. The van der Waals surface area contributed by atoms with Crippen molar-refractivity contribution in [1.82, 2.24) is 4.90 Å². The number of hydrogen-bond acceptors (Lipinski definition) is 4. The van der Waals surface area contributed by atoms with Crippen LogP contribution in [0.4, 0.5) is 10.5 Å². The average molecular weight is 358 g/mol. The molecule has 142 valence electrons. The number of nitrogens with one attached hydrogen (secondary N) is 1. The Morgan fingerprint density at radius 2 is 2.12 bits per heavy atom. The summed E-state index contributed by atoms with van der Waals surface area (Å²) in [5, 5.41) is 3.25. The molecule has 0 aromatic heterocycles. The minimum absolute atomic E-state index is 0.195. The lowest BCUT2D eigenvalue weighted by Gasteiger charge is -2.30. The summed E-state index contributed by atoms with van der Waals surface area (Å²) in [5.41, 5.74) is 5.74. The second-order valence-corrected chi connectivity index (χ2v) is 8.21. The fourth-order valence-corrected chi connectivity index (χ4v) is 3.75. The van der Waals surface area contributed by atoms with E-state index in [0.717, 1.165) is 24.3 Å². The molecule has 1 amide bonds. The van der Waals surface area contributed by atoms with Crippen molar-refractivity contribution >= 4 is 17.4 Å². The molecule has 5 heteroatoms.